The van der Waals surface area contributed by atoms with Gasteiger partial charge in [-0.3, -0.25) is 4.79 Å². The molecule has 2 aromatic carbocycles. The van der Waals surface area contributed by atoms with E-state index >= 15 is 0 Å². The number of benzene rings is 2. The molecule has 0 saturated carbocycles. The van der Waals surface area contributed by atoms with Crippen LogP contribution in [-0.2, 0) is 11.9 Å². The van der Waals surface area contributed by atoms with E-state index in [-0.39, 0.29) is 5.91 Å². The zero-order valence-electron chi connectivity index (χ0n) is 16.0. The van der Waals surface area contributed by atoms with Crippen LogP contribution in [0.4, 0.5) is 0 Å². The van der Waals surface area contributed by atoms with Crippen LogP contribution in [0, 0.1) is 0 Å². The van der Waals surface area contributed by atoms with E-state index < -0.39 is 6.04 Å². The van der Waals surface area contributed by atoms with Gasteiger partial charge in [0.1, 0.15) is 24.7 Å². The van der Waals surface area contributed by atoms with Crippen LogP contribution in [0.2, 0.25) is 0 Å². The number of hydrogen-bond acceptors (Lipinski definition) is 5. The second kappa shape index (κ2) is 8.85. The molecular formula is C21H22N4O3. The summed E-state index contributed by atoms with van der Waals surface area (Å²) in [6.07, 6.45) is 5.14. The predicted molar refractivity (Wildman–Crippen MR) is 107 cm³/mol. The molecule has 7 nitrogen and oxygen atoms in total. The second-order valence-electron chi connectivity index (χ2n) is 6.12. The largest absolute Gasteiger partial charge is 0.497 e. The van der Waals surface area contributed by atoms with Gasteiger partial charge in [0.05, 0.1) is 13.3 Å². The lowest BCUT2D eigenvalue weighted by Crippen LogP contribution is -2.31. The molecule has 0 aliphatic rings. The first-order valence-corrected chi connectivity index (χ1v) is 8.71. The van der Waals surface area contributed by atoms with Crippen molar-refractivity contribution in [3.63, 3.8) is 0 Å². The van der Waals surface area contributed by atoms with Crippen LogP contribution in [0.5, 0.6) is 5.75 Å². The number of hydrogen-bond donors (Lipinski definition) is 1. The van der Waals surface area contributed by atoms with Crippen molar-refractivity contribution in [2.45, 2.75) is 6.04 Å². The van der Waals surface area contributed by atoms with Crippen molar-refractivity contribution in [2.75, 3.05) is 14.2 Å². The van der Waals surface area contributed by atoms with Gasteiger partial charge in [-0.1, -0.05) is 29.4 Å². The number of carbonyl (C=O) groups is 1. The van der Waals surface area contributed by atoms with Crippen LogP contribution < -0.4 is 10.1 Å². The third-order valence-corrected chi connectivity index (χ3v) is 4.32. The summed E-state index contributed by atoms with van der Waals surface area (Å²) < 4.78 is 7.11. The lowest BCUT2D eigenvalue weighted by atomic mass is 10.0. The van der Waals surface area contributed by atoms with Crippen molar-refractivity contribution in [3.05, 3.63) is 83.4 Å². The predicted octanol–water partition coefficient (Wildman–Crippen LogP) is 2.93. The van der Waals surface area contributed by atoms with Gasteiger partial charge in [-0.25, -0.2) is 4.98 Å². The fourth-order valence-corrected chi connectivity index (χ4v) is 2.80. The summed E-state index contributed by atoms with van der Waals surface area (Å²) in [6.45, 7) is 0. The van der Waals surface area contributed by atoms with E-state index in [0.29, 0.717) is 5.56 Å². The SMILES string of the molecule is CO/N=C/c1ccc(C(=O)NC(c2ccc(OC)cc2)c2nccn2C)cc1. The Balaban J connectivity index is 1.85. The minimum absolute atomic E-state index is 0.195. The van der Waals surface area contributed by atoms with Gasteiger partial charge in [0, 0.05) is 25.0 Å². The fourth-order valence-electron chi connectivity index (χ4n) is 2.80. The zero-order valence-corrected chi connectivity index (χ0v) is 16.0. The number of nitrogens with one attached hydrogen (secondary N) is 1. The maximum absolute atomic E-state index is 12.9. The highest BCUT2D eigenvalue weighted by Gasteiger charge is 2.21. The van der Waals surface area contributed by atoms with Gasteiger partial charge in [-0.2, -0.15) is 0 Å². The molecule has 1 aromatic heterocycles. The fraction of sp³-hybridized carbons (Fsp3) is 0.190. The van der Waals surface area contributed by atoms with Crippen LogP contribution in [0.3, 0.4) is 0 Å². The number of aromatic nitrogens is 2. The second-order valence-corrected chi connectivity index (χ2v) is 6.12. The zero-order chi connectivity index (χ0) is 19.9. The maximum atomic E-state index is 12.9. The van der Waals surface area contributed by atoms with Gasteiger partial charge in [-0.05, 0) is 35.4 Å². The van der Waals surface area contributed by atoms with Crippen LogP contribution >= 0.6 is 0 Å². The van der Waals surface area contributed by atoms with Crippen molar-refractivity contribution in [1.29, 1.82) is 0 Å². The minimum Gasteiger partial charge on any atom is -0.497 e. The molecule has 3 aromatic rings. The molecule has 0 spiro atoms. The van der Waals surface area contributed by atoms with Crippen LogP contribution in [0.15, 0.2) is 66.1 Å². The number of oxime groups is 1. The van der Waals surface area contributed by atoms with Crippen LogP contribution in [0.25, 0.3) is 0 Å². The molecule has 1 N–H and O–H groups in total. The summed E-state index contributed by atoms with van der Waals surface area (Å²) in [5.41, 5.74) is 2.30. The smallest absolute Gasteiger partial charge is 0.252 e. The van der Waals surface area contributed by atoms with E-state index in [1.165, 1.54) is 7.11 Å². The Morgan fingerprint density at radius 2 is 1.86 bits per heavy atom. The first-order valence-electron chi connectivity index (χ1n) is 8.71. The average molecular weight is 378 g/mol. The molecule has 1 unspecified atom stereocenters. The first-order chi connectivity index (χ1) is 13.6. The number of nitrogens with zero attached hydrogens (tertiary/aromatic N) is 3. The number of rotatable bonds is 7. The molecule has 0 bridgehead atoms. The molecule has 1 heterocycles. The van der Waals surface area contributed by atoms with Gasteiger partial charge < -0.3 is 19.5 Å². The summed E-state index contributed by atoms with van der Waals surface area (Å²) >= 11 is 0. The van der Waals surface area contributed by atoms with E-state index in [1.54, 1.807) is 43.8 Å². The molecule has 7 heteroatoms. The first kappa shape index (κ1) is 19.2. The van der Waals surface area contributed by atoms with Gasteiger partial charge in [0.25, 0.3) is 5.91 Å². The van der Waals surface area contributed by atoms with Gasteiger partial charge in [-0.15, -0.1) is 0 Å². The topological polar surface area (TPSA) is 77.7 Å². The van der Waals surface area contributed by atoms with E-state index in [2.05, 4.69) is 20.3 Å². The van der Waals surface area contributed by atoms with E-state index in [0.717, 1.165) is 22.7 Å². The highest BCUT2D eigenvalue weighted by molar-refractivity contribution is 5.95. The van der Waals surface area contributed by atoms with Crippen LogP contribution in [-0.4, -0.2) is 35.9 Å². The molecule has 3 rings (SSSR count). The number of methoxy groups -OCH3 is 1. The Morgan fingerprint density at radius 3 is 2.43 bits per heavy atom. The number of carbonyl (C=O) groups excluding carboxylic acids is 1. The monoisotopic (exact) mass is 378 g/mol. The van der Waals surface area contributed by atoms with Crippen molar-refractivity contribution in [2.24, 2.45) is 12.2 Å². The average Bonchev–Trinajstić information content (AvgIpc) is 3.16. The third-order valence-electron chi connectivity index (χ3n) is 4.32. The summed E-state index contributed by atoms with van der Waals surface area (Å²) in [4.78, 5) is 21.9. The lowest BCUT2D eigenvalue weighted by Gasteiger charge is -2.19. The molecule has 28 heavy (non-hydrogen) atoms. The summed E-state index contributed by atoms with van der Waals surface area (Å²) in [7, 11) is 5.00. The van der Waals surface area contributed by atoms with E-state index in [9.17, 15) is 4.79 Å². The number of ether oxygens (including phenoxy) is 1. The highest BCUT2D eigenvalue weighted by atomic mass is 16.6. The normalized spacial score (nSPS) is 12.0. The van der Waals surface area contributed by atoms with E-state index in [1.807, 2.05) is 42.1 Å². The number of imidazole rings is 1. The van der Waals surface area contributed by atoms with Crippen molar-refractivity contribution in [3.8, 4) is 5.75 Å². The van der Waals surface area contributed by atoms with Crippen LogP contribution in [0.1, 0.15) is 33.4 Å². The van der Waals surface area contributed by atoms with Gasteiger partial charge >= 0.3 is 0 Å². The molecular weight excluding hydrogens is 356 g/mol. The highest BCUT2D eigenvalue weighted by Crippen LogP contribution is 2.23. The molecule has 0 radical (unpaired) electrons. The standard InChI is InChI=1S/C21H22N4O3/c1-25-13-12-22-20(25)19(16-8-10-18(27-2)11-9-16)24-21(26)17-6-4-15(5-7-17)14-23-28-3/h4-14,19H,1-3H3,(H,24,26)/b23-14+. The van der Waals surface area contributed by atoms with E-state index in [4.69, 9.17) is 4.74 Å². The molecule has 1 atom stereocenters. The summed E-state index contributed by atoms with van der Waals surface area (Å²) in [6, 6.07) is 14.3. The summed E-state index contributed by atoms with van der Waals surface area (Å²) in [5, 5.41) is 6.79. The molecule has 1 amide bonds. The Morgan fingerprint density at radius 1 is 1.14 bits per heavy atom. The molecule has 0 fully saturated rings. The Kier molecular flexibility index (Phi) is 6.06. The molecule has 144 valence electrons. The molecule has 0 saturated heterocycles. The van der Waals surface area contributed by atoms with Crippen molar-refractivity contribution < 1.29 is 14.4 Å². The maximum Gasteiger partial charge on any atom is 0.252 e. The van der Waals surface area contributed by atoms with Crippen molar-refractivity contribution in [1.82, 2.24) is 14.9 Å². The Bertz CT molecular complexity index is 947. The number of aryl methyl sites for hydroxylation is 1. The lowest BCUT2D eigenvalue weighted by molar-refractivity contribution is 0.0941. The molecule has 0 aliphatic heterocycles. The Hall–Kier alpha value is -3.61. The minimum atomic E-state index is -0.395. The third kappa shape index (κ3) is 4.37. The van der Waals surface area contributed by atoms with Gasteiger partial charge in [0.2, 0.25) is 0 Å². The number of amides is 1. The van der Waals surface area contributed by atoms with Crippen molar-refractivity contribution >= 4 is 12.1 Å². The van der Waals surface area contributed by atoms with Gasteiger partial charge in [0.15, 0.2) is 0 Å². The quantitative estimate of drug-likeness (QED) is 0.507. The summed E-state index contributed by atoms with van der Waals surface area (Å²) in [5.74, 6) is 1.29. The Labute approximate surface area is 163 Å². The molecule has 0 aliphatic carbocycles.